The monoisotopic (exact) mass is 205 g/mol. The largest absolute Gasteiger partial charge is 0.328 e. The Hall–Kier alpha value is 0.110. The number of hydrogen-bond acceptors (Lipinski definition) is 2. The van der Waals surface area contributed by atoms with E-state index in [-0.39, 0.29) is 6.04 Å². The van der Waals surface area contributed by atoms with Crippen LogP contribution in [0.5, 0.6) is 0 Å². The molecule has 0 aliphatic rings. The molecule has 0 radical (unpaired) electrons. The highest BCUT2D eigenvalue weighted by Crippen LogP contribution is 2.10. The molecule has 0 fully saturated rings. The van der Waals surface area contributed by atoms with Crippen LogP contribution in [-0.4, -0.2) is 21.3 Å². The SMILES string of the molecule is CC(N)CCCS(=O)C(C)C(C)C. The maximum Gasteiger partial charge on any atom is 0.0342 e. The molecular formula is C10H23NOS. The average Bonchev–Trinajstić information content (AvgIpc) is 2.02. The van der Waals surface area contributed by atoms with Gasteiger partial charge in [-0.3, -0.25) is 4.21 Å². The Labute approximate surface area is 84.7 Å². The fourth-order valence-corrected chi connectivity index (χ4v) is 2.47. The van der Waals surface area contributed by atoms with E-state index in [0.29, 0.717) is 11.2 Å². The van der Waals surface area contributed by atoms with Gasteiger partial charge in [0, 0.05) is 27.8 Å². The van der Waals surface area contributed by atoms with Crippen molar-refractivity contribution in [3.63, 3.8) is 0 Å². The molecule has 0 heterocycles. The average molecular weight is 205 g/mol. The van der Waals surface area contributed by atoms with E-state index in [4.69, 9.17) is 5.73 Å². The highest BCUT2D eigenvalue weighted by molar-refractivity contribution is 7.85. The first kappa shape index (κ1) is 13.1. The molecule has 80 valence electrons. The molecule has 0 saturated carbocycles. The normalized spacial score (nSPS) is 18.6. The zero-order chi connectivity index (χ0) is 10.4. The molecule has 0 aromatic rings. The lowest BCUT2D eigenvalue weighted by atomic mass is 10.2. The minimum Gasteiger partial charge on any atom is -0.328 e. The first-order valence-electron chi connectivity index (χ1n) is 5.08. The summed E-state index contributed by atoms with van der Waals surface area (Å²) in [5.74, 6) is 1.32. The molecule has 0 amide bonds. The molecule has 13 heavy (non-hydrogen) atoms. The molecule has 0 aromatic heterocycles. The van der Waals surface area contributed by atoms with E-state index in [1.165, 1.54) is 0 Å². The van der Waals surface area contributed by atoms with Gasteiger partial charge in [-0.1, -0.05) is 20.8 Å². The predicted octanol–water partition coefficient (Wildman–Crippen LogP) is 1.91. The summed E-state index contributed by atoms with van der Waals surface area (Å²) in [7, 11) is -0.667. The maximum absolute atomic E-state index is 11.6. The number of rotatable bonds is 6. The van der Waals surface area contributed by atoms with Gasteiger partial charge in [-0.2, -0.15) is 0 Å². The summed E-state index contributed by atoms with van der Waals surface area (Å²) in [6, 6.07) is 0.242. The Kier molecular flexibility index (Phi) is 6.60. The van der Waals surface area contributed by atoms with Gasteiger partial charge in [0.1, 0.15) is 0 Å². The topological polar surface area (TPSA) is 43.1 Å². The first-order valence-corrected chi connectivity index (χ1v) is 6.46. The smallest absolute Gasteiger partial charge is 0.0342 e. The summed E-state index contributed by atoms with van der Waals surface area (Å²) >= 11 is 0. The quantitative estimate of drug-likeness (QED) is 0.720. The minimum atomic E-state index is -0.667. The molecule has 0 rings (SSSR count). The standard InChI is InChI=1S/C10H23NOS/c1-8(2)10(4)13(12)7-5-6-9(3)11/h8-10H,5-7,11H2,1-4H3. The van der Waals surface area contributed by atoms with Crippen LogP contribution in [0.25, 0.3) is 0 Å². The van der Waals surface area contributed by atoms with E-state index >= 15 is 0 Å². The highest BCUT2D eigenvalue weighted by atomic mass is 32.2. The lowest BCUT2D eigenvalue weighted by molar-refractivity contribution is 0.597. The fraction of sp³-hybridized carbons (Fsp3) is 1.00. The minimum absolute atomic E-state index is 0.242. The first-order chi connectivity index (χ1) is 5.95. The lowest BCUT2D eigenvalue weighted by Gasteiger charge is -2.15. The molecule has 3 heteroatoms. The molecule has 0 spiro atoms. The van der Waals surface area contributed by atoms with Gasteiger partial charge in [-0.25, -0.2) is 0 Å². The molecule has 3 unspecified atom stereocenters. The van der Waals surface area contributed by atoms with Crippen LogP contribution in [-0.2, 0) is 10.8 Å². The van der Waals surface area contributed by atoms with E-state index < -0.39 is 10.8 Å². The van der Waals surface area contributed by atoms with Gasteiger partial charge in [0.05, 0.1) is 0 Å². The third kappa shape index (κ3) is 6.22. The van der Waals surface area contributed by atoms with Gasteiger partial charge in [-0.05, 0) is 25.7 Å². The summed E-state index contributed by atoms with van der Waals surface area (Å²) in [6.07, 6.45) is 1.97. The van der Waals surface area contributed by atoms with Crippen molar-refractivity contribution in [1.82, 2.24) is 0 Å². The molecule has 2 nitrogen and oxygen atoms in total. The van der Waals surface area contributed by atoms with E-state index in [9.17, 15) is 4.21 Å². The lowest BCUT2D eigenvalue weighted by Crippen LogP contribution is -2.21. The van der Waals surface area contributed by atoms with Gasteiger partial charge in [0.2, 0.25) is 0 Å². The fourth-order valence-electron chi connectivity index (χ4n) is 1.04. The second kappa shape index (κ2) is 6.55. The second-order valence-corrected chi connectivity index (χ2v) is 6.07. The van der Waals surface area contributed by atoms with Gasteiger partial charge in [0.15, 0.2) is 0 Å². The van der Waals surface area contributed by atoms with Gasteiger partial charge in [0.25, 0.3) is 0 Å². The summed E-state index contributed by atoms with van der Waals surface area (Å²) in [6.45, 7) is 8.30. The van der Waals surface area contributed by atoms with E-state index in [2.05, 4.69) is 20.8 Å². The zero-order valence-corrected chi connectivity index (χ0v) is 10.1. The van der Waals surface area contributed by atoms with Gasteiger partial charge >= 0.3 is 0 Å². The Balaban J connectivity index is 3.62. The molecule has 2 N–H and O–H groups in total. The molecule has 0 aliphatic carbocycles. The molecule has 0 saturated heterocycles. The molecular weight excluding hydrogens is 182 g/mol. The third-order valence-corrected chi connectivity index (χ3v) is 4.42. The van der Waals surface area contributed by atoms with E-state index in [1.807, 2.05) is 6.92 Å². The molecule has 0 bridgehead atoms. The van der Waals surface area contributed by atoms with Gasteiger partial charge < -0.3 is 5.73 Å². The van der Waals surface area contributed by atoms with Crippen molar-refractivity contribution >= 4 is 10.8 Å². The Morgan fingerprint density at radius 3 is 2.15 bits per heavy atom. The number of hydrogen-bond donors (Lipinski definition) is 1. The van der Waals surface area contributed by atoms with Crippen LogP contribution in [0.1, 0.15) is 40.5 Å². The zero-order valence-electron chi connectivity index (χ0n) is 9.25. The Morgan fingerprint density at radius 2 is 1.77 bits per heavy atom. The van der Waals surface area contributed by atoms with Crippen LogP contribution in [0.3, 0.4) is 0 Å². The molecule has 0 aromatic carbocycles. The van der Waals surface area contributed by atoms with Crippen molar-refractivity contribution in [2.45, 2.75) is 51.8 Å². The van der Waals surface area contributed by atoms with Crippen molar-refractivity contribution in [2.24, 2.45) is 11.7 Å². The summed E-state index contributed by atoms with van der Waals surface area (Å²) < 4.78 is 11.6. The van der Waals surface area contributed by atoms with Crippen LogP contribution in [0, 0.1) is 5.92 Å². The third-order valence-electron chi connectivity index (χ3n) is 2.36. The van der Waals surface area contributed by atoms with E-state index in [1.54, 1.807) is 0 Å². The molecule has 0 aliphatic heterocycles. The van der Waals surface area contributed by atoms with Crippen molar-refractivity contribution < 1.29 is 4.21 Å². The summed E-state index contributed by atoms with van der Waals surface area (Å²) in [4.78, 5) is 0. The van der Waals surface area contributed by atoms with Crippen LogP contribution in [0.15, 0.2) is 0 Å². The van der Waals surface area contributed by atoms with Crippen LogP contribution in [0.4, 0.5) is 0 Å². The van der Waals surface area contributed by atoms with Gasteiger partial charge in [-0.15, -0.1) is 0 Å². The highest BCUT2D eigenvalue weighted by Gasteiger charge is 2.14. The van der Waals surface area contributed by atoms with E-state index in [0.717, 1.165) is 18.6 Å². The Morgan fingerprint density at radius 1 is 1.23 bits per heavy atom. The summed E-state index contributed by atoms with van der Waals surface area (Å²) in [5, 5.41) is 0.313. The predicted molar refractivity (Wildman–Crippen MR) is 60.2 cm³/mol. The Bertz CT molecular complexity index is 157. The van der Waals surface area contributed by atoms with Crippen molar-refractivity contribution in [1.29, 1.82) is 0 Å². The van der Waals surface area contributed by atoms with Crippen molar-refractivity contribution in [2.75, 3.05) is 5.75 Å². The number of nitrogens with two attached hydrogens (primary N) is 1. The van der Waals surface area contributed by atoms with Crippen molar-refractivity contribution in [3.05, 3.63) is 0 Å². The molecule has 3 atom stereocenters. The second-order valence-electron chi connectivity index (χ2n) is 4.15. The summed E-state index contributed by atoms with van der Waals surface area (Å²) in [5.41, 5.74) is 5.62. The van der Waals surface area contributed by atoms with Crippen LogP contribution in [0.2, 0.25) is 0 Å². The maximum atomic E-state index is 11.6. The van der Waals surface area contributed by atoms with Crippen LogP contribution < -0.4 is 5.73 Å². The van der Waals surface area contributed by atoms with Crippen molar-refractivity contribution in [3.8, 4) is 0 Å². The van der Waals surface area contributed by atoms with Crippen LogP contribution >= 0.6 is 0 Å².